The molecule has 0 aliphatic rings. The Labute approximate surface area is 158 Å². The highest BCUT2D eigenvalue weighted by molar-refractivity contribution is 5.93. The lowest BCUT2D eigenvalue weighted by molar-refractivity contribution is -0.118. The second-order valence-electron chi connectivity index (χ2n) is 6.07. The Morgan fingerprint density at radius 2 is 1.70 bits per heavy atom. The van der Waals surface area contributed by atoms with Gasteiger partial charge in [-0.2, -0.15) is 5.10 Å². The largest absolute Gasteiger partial charge is 0.490 e. The van der Waals surface area contributed by atoms with E-state index in [-0.39, 0.29) is 12.5 Å². The van der Waals surface area contributed by atoms with Gasteiger partial charge in [-0.15, -0.1) is 0 Å². The lowest BCUT2D eigenvalue weighted by atomic mass is 10.2. The second kappa shape index (κ2) is 8.40. The normalized spacial score (nSPS) is 10.5. The Balaban J connectivity index is 1.71. The van der Waals surface area contributed by atoms with Crippen LogP contribution in [0.1, 0.15) is 18.3 Å². The maximum atomic E-state index is 12.4. The van der Waals surface area contributed by atoms with Crippen LogP contribution >= 0.6 is 0 Å². The Hall–Kier alpha value is -3.28. The monoisotopic (exact) mass is 365 g/mol. The fourth-order valence-corrected chi connectivity index (χ4v) is 2.81. The predicted octanol–water partition coefficient (Wildman–Crippen LogP) is 3.91. The number of para-hydroxylation sites is 4. The highest BCUT2D eigenvalue weighted by Crippen LogP contribution is 2.26. The SMILES string of the molecule is CCOc1ccccc1OCC(=O)Nc1ccccc1-n1nc(C)cc1C. The highest BCUT2D eigenvalue weighted by atomic mass is 16.5. The quantitative estimate of drug-likeness (QED) is 0.689. The van der Waals surface area contributed by atoms with E-state index in [4.69, 9.17) is 9.47 Å². The molecule has 2 aromatic carbocycles. The summed E-state index contributed by atoms with van der Waals surface area (Å²) in [7, 11) is 0. The average Bonchev–Trinajstić information content (AvgIpc) is 3.00. The number of hydrogen-bond acceptors (Lipinski definition) is 4. The third-order valence-electron chi connectivity index (χ3n) is 3.92. The Morgan fingerprint density at radius 3 is 2.37 bits per heavy atom. The number of benzene rings is 2. The molecule has 6 nitrogen and oxygen atoms in total. The summed E-state index contributed by atoms with van der Waals surface area (Å²) in [6.07, 6.45) is 0. The molecule has 3 rings (SSSR count). The Kier molecular flexibility index (Phi) is 5.76. The van der Waals surface area contributed by atoms with Gasteiger partial charge in [0.1, 0.15) is 0 Å². The molecule has 0 bridgehead atoms. The van der Waals surface area contributed by atoms with Gasteiger partial charge >= 0.3 is 0 Å². The first kappa shape index (κ1) is 18.5. The van der Waals surface area contributed by atoms with Crippen molar-refractivity contribution in [3.63, 3.8) is 0 Å². The van der Waals surface area contributed by atoms with Gasteiger partial charge in [0.05, 0.1) is 23.7 Å². The standard InChI is InChI=1S/C21H23N3O3/c1-4-26-19-11-7-8-12-20(19)27-14-21(25)22-17-9-5-6-10-18(17)24-16(3)13-15(2)23-24/h5-13H,4,14H2,1-3H3,(H,22,25). The molecule has 27 heavy (non-hydrogen) atoms. The molecule has 0 aliphatic heterocycles. The molecule has 6 heteroatoms. The number of ether oxygens (including phenoxy) is 2. The number of rotatable bonds is 7. The molecule has 0 atom stereocenters. The van der Waals surface area contributed by atoms with E-state index in [2.05, 4.69) is 10.4 Å². The van der Waals surface area contributed by atoms with Gasteiger partial charge in [-0.1, -0.05) is 24.3 Å². The van der Waals surface area contributed by atoms with E-state index in [0.29, 0.717) is 23.8 Å². The Bertz CT molecular complexity index is 934. The molecule has 3 aromatic rings. The van der Waals surface area contributed by atoms with Crippen LogP contribution in [0.5, 0.6) is 11.5 Å². The molecule has 1 aromatic heterocycles. The number of aromatic nitrogens is 2. The molecule has 1 heterocycles. The summed E-state index contributed by atoms with van der Waals surface area (Å²) in [6, 6.07) is 16.8. The van der Waals surface area contributed by atoms with E-state index in [1.807, 2.05) is 74.0 Å². The fourth-order valence-electron chi connectivity index (χ4n) is 2.81. The molecule has 0 fully saturated rings. The van der Waals surface area contributed by atoms with Crippen molar-refractivity contribution in [2.45, 2.75) is 20.8 Å². The average molecular weight is 365 g/mol. The van der Waals surface area contributed by atoms with Crippen molar-refractivity contribution in [2.24, 2.45) is 0 Å². The summed E-state index contributed by atoms with van der Waals surface area (Å²) in [6.45, 7) is 6.23. The number of hydrogen-bond donors (Lipinski definition) is 1. The van der Waals surface area contributed by atoms with Gasteiger partial charge < -0.3 is 14.8 Å². The summed E-state index contributed by atoms with van der Waals surface area (Å²) < 4.78 is 13.0. The molecule has 0 saturated heterocycles. The molecule has 0 radical (unpaired) electrons. The second-order valence-corrected chi connectivity index (χ2v) is 6.07. The van der Waals surface area contributed by atoms with Crippen molar-refractivity contribution in [1.82, 2.24) is 9.78 Å². The van der Waals surface area contributed by atoms with Crippen LogP contribution in [0.25, 0.3) is 5.69 Å². The van der Waals surface area contributed by atoms with E-state index in [0.717, 1.165) is 17.1 Å². The van der Waals surface area contributed by atoms with Crippen molar-refractivity contribution in [3.05, 3.63) is 66.0 Å². The number of anilines is 1. The van der Waals surface area contributed by atoms with Gasteiger partial charge in [0, 0.05) is 5.69 Å². The van der Waals surface area contributed by atoms with E-state index < -0.39 is 0 Å². The van der Waals surface area contributed by atoms with Gasteiger partial charge in [-0.05, 0) is 51.1 Å². The first-order valence-corrected chi connectivity index (χ1v) is 8.85. The molecule has 0 spiro atoms. The molecule has 1 N–H and O–H groups in total. The van der Waals surface area contributed by atoms with Crippen molar-refractivity contribution >= 4 is 11.6 Å². The molecule has 140 valence electrons. The highest BCUT2D eigenvalue weighted by Gasteiger charge is 2.12. The third kappa shape index (κ3) is 4.47. The van der Waals surface area contributed by atoms with E-state index in [1.165, 1.54) is 0 Å². The number of nitrogens with one attached hydrogen (secondary N) is 1. The van der Waals surface area contributed by atoms with Crippen LogP contribution in [-0.2, 0) is 4.79 Å². The third-order valence-corrected chi connectivity index (χ3v) is 3.92. The van der Waals surface area contributed by atoms with Crippen LogP contribution in [0, 0.1) is 13.8 Å². The van der Waals surface area contributed by atoms with Crippen molar-refractivity contribution in [2.75, 3.05) is 18.5 Å². The summed E-state index contributed by atoms with van der Waals surface area (Å²) in [5, 5.41) is 7.39. The molecular weight excluding hydrogens is 342 g/mol. The lowest BCUT2D eigenvalue weighted by Crippen LogP contribution is -2.21. The zero-order valence-corrected chi connectivity index (χ0v) is 15.7. The number of carbonyl (C=O) groups excluding carboxylic acids is 1. The van der Waals surface area contributed by atoms with E-state index in [1.54, 1.807) is 6.07 Å². The minimum absolute atomic E-state index is 0.116. The maximum Gasteiger partial charge on any atom is 0.262 e. The lowest BCUT2D eigenvalue weighted by Gasteiger charge is -2.14. The van der Waals surface area contributed by atoms with Crippen LogP contribution in [0.2, 0.25) is 0 Å². The number of aryl methyl sites for hydroxylation is 2. The number of carbonyl (C=O) groups is 1. The molecule has 1 amide bonds. The van der Waals surface area contributed by atoms with Gasteiger partial charge in [0.25, 0.3) is 5.91 Å². The fraction of sp³-hybridized carbons (Fsp3) is 0.238. The van der Waals surface area contributed by atoms with E-state index >= 15 is 0 Å². The first-order valence-electron chi connectivity index (χ1n) is 8.85. The summed E-state index contributed by atoms with van der Waals surface area (Å²) in [4.78, 5) is 12.4. The molecule has 0 unspecified atom stereocenters. The van der Waals surface area contributed by atoms with Crippen LogP contribution in [0.15, 0.2) is 54.6 Å². The zero-order chi connectivity index (χ0) is 19.2. The molecule has 0 saturated carbocycles. The summed E-state index contributed by atoms with van der Waals surface area (Å²) in [5.41, 5.74) is 3.40. The van der Waals surface area contributed by atoms with Crippen LogP contribution in [0.3, 0.4) is 0 Å². The van der Waals surface area contributed by atoms with Gasteiger partial charge in [-0.3, -0.25) is 4.79 Å². The minimum Gasteiger partial charge on any atom is -0.490 e. The van der Waals surface area contributed by atoms with Crippen LogP contribution in [-0.4, -0.2) is 28.9 Å². The molecule has 0 aliphatic carbocycles. The smallest absolute Gasteiger partial charge is 0.262 e. The Morgan fingerprint density at radius 1 is 1.04 bits per heavy atom. The predicted molar refractivity (Wildman–Crippen MR) is 105 cm³/mol. The summed E-state index contributed by atoms with van der Waals surface area (Å²) >= 11 is 0. The topological polar surface area (TPSA) is 65.4 Å². The number of amides is 1. The van der Waals surface area contributed by atoms with Gasteiger partial charge in [-0.25, -0.2) is 4.68 Å². The van der Waals surface area contributed by atoms with Gasteiger partial charge in [0.15, 0.2) is 18.1 Å². The number of nitrogens with zero attached hydrogens (tertiary/aromatic N) is 2. The maximum absolute atomic E-state index is 12.4. The molecular formula is C21H23N3O3. The first-order chi connectivity index (χ1) is 13.1. The van der Waals surface area contributed by atoms with Crippen molar-refractivity contribution in [3.8, 4) is 17.2 Å². The van der Waals surface area contributed by atoms with Crippen LogP contribution < -0.4 is 14.8 Å². The van der Waals surface area contributed by atoms with Gasteiger partial charge in [0.2, 0.25) is 0 Å². The van der Waals surface area contributed by atoms with Crippen LogP contribution in [0.4, 0.5) is 5.69 Å². The summed E-state index contributed by atoms with van der Waals surface area (Å²) in [5.74, 6) is 0.910. The van der Waals surface area contributed by atoms with Crippen molar-refractivity contribution in [1.29, 1.82) is 0 Å². The van der Waals surface area contributed by atoms with Crippen molar-refractivity contribution < 1.29 is 14.3 Å². The van der Waals surface area contributed by atoms with E-state index in [9.17, 15) is 4.79 Å². The minimum atomic E-state index is -0.254. The zero-order valence-electron chi connectivity index (χ0n) is 15.7.